The number of urea groups is 1. The van der Waals surface area contributed by atoms with Crippen molar-refractivity contribution in [2.75, 3.05) is 31.0 Å². The molecule has 1 atom stereocenters. The first kappa shape index (κ1) is 18.6. The summed E-state index contributed by atoms with van der Waals surface area (Å²) in [6, 6.07) is 12.2. The predicted molar refractivity (Wildman–Crippen MR) is 104 cm³/mol. The summed E-state index contributed by atoms with van der Waals surface area (Å²) in [5.74, 6) is 1.12. The van der Waals surface area contributed by atoms with Gasteiger partial charge in [0, 0.05) is 24.7 Å². The highest BCUT2D eigenvalue weighted by atomic mass is 16.5. The number of amides is 3. The molecule has 7 heteroatoms. The van der Waals surface area contributed by atoms with Crippen molar-refractivity contribution in [3.05, 3.63) is 48.0 Å². The van der Waals surface area contributed by atoms with Crippen molar-refractivity contribution in [1.29, 1.82) is 0 Å². The minimum atomic E-state index is -0.398. The van der Waals surface area contributed by atoms with Crippen LogP contribution in [0.5, 0.6) is 11.5 Å². The van der Waals surface area contributed by atoms with E-state index in [1.54, 1.807) is 30.2 Å². The fourth-order valence-electron chi connectivity index (χ4n) is 3.03. The molecular weight excluding hydrogens is 346 g/mol. The number of benzene rings is 2. The van der Waals surface area contributed by atoms with E-state index in [9.17, 15) is 9.59 Å². The maximum atomic E-state index is 12.4. The smallest absolute Gasteiger partial charge is 0.319 e. The molecule has 0 saturated carbocycles. The Balaban J connectivity index is 1.63. The van der Waals surface area contributed by atoms with E-state index in [4.69, 9.17) is 9.47 Å². The molecule has 2 aromatic rings. The van der Waals surface area contributed by atoms with Crippen LogP contribution in [0.1, 0.15) is 12.0 Å². The van der Waals surface area contributed by atoms with Gasteiger partial charge in [-0.1, -0.05) is 17.7 Å². The Morgan fingerprint density at radius 3 is 2.52 bits per heavy atom. The van der Waals surface area contributed by atoms with Gasteiger partial charge < -0.3 is 25.0 Å². The predicted octanol–water partition coefficient (Wildman–Crippen LogP) is 2.94. The molecule has 0 bridgehead atoms. The highest BCUT2D eigenvalue weighted by Gasteiger charge is 2.31. The van der Waals surface area contributed by atoms with E-state index in [-0.39, 0.29) is 18.4 Å². The van der Waals surface area contributed by atoms with Gasteiger partial charge in [0.05, 0.1) is 25.9 Å². The number of methoxy groups -OCH3 is 2. The number of carbonyl (C=O) groups is 2. The van der Waals surface area contributed by atoms with E-state index in [0.717, 1.165) is 11.3 Å². The van der Waals surface area contributed by atoms with Crippen LogP contribution in [0, 0.1) is 6.92 Å². The van der Waals surface area contributed by atoms with Crippen LogP contribution in [-0.2, 0) is 4.79 Å². The summed E-state index contributed by atoms with van der Waals surface area (Å²) < 4.78 is 10.4. The molecule has 0 aliphatic carbocycles. The second kappa shape index (κ2) is 7.99. The van der Waals surface area contributed by atoms with E-state index >= 15 is 0 Å². The molecule has 1 saturated heterocycles. The first-order chi connectivity index (χ1) is 13.0. The summed E-state index contributed by atoms with van der Waals surface area (Å²) >= 11 is 0. The Bertz CT molecular complexity index is 836. The zero-order valence-electron chi connectivity index (χ0n) is 15.6. The van der Waals surface area contributed by atoms with Crippen LogP contribution < -0.4 is 25.0 Å². The van der Waals surface area contributed by atoms with Gasteiger partial charge in [0.25, 0.3) is 0 Å². The topological polar surface area (TPSA) is 79.9 Å². The molecule has 0 unspecified atom stereocenters. The molecule has 3 rings (SSSR count). The minimum absolute atomic E-state index is 0.0110. The quantitative estimate of drug-likeness (QED) is 0.849. The second-order valence-electron chi connectivity index (χ2n) is 6.41. The number of aryl methyl sites for hydroxylation is 1. The zero-order chi connectivity index (χ0) is 19.4. The first-order valence-corrected chi connectivity index (χ1v) is 8.66. The van der Waals surface area contributed by atoms with Crippen LogP contribution in [0.25, 0.3) is 0 Å². The van der Waals surface area contributed by atoms with E-state index in [2.05, 4.69) is 10.6 Å². The molecule has 7 nitrogen and oxygen atoms in total. The average molecular weight is 369 g/mol. The van der Waals surface area contributed by atoms with Gasteiger partial charge in [-0.25, -0.2) is 4.79 Å². The number of nitrogens with one attached hydrogen (secondary N) is 2. The summed E-state index contributed by atoms with van der Waals surface area (Å²) in [7, 11) is 3.08. The van der Waals surface area contributed by atoms with Gasteiger partial charge in [-0.2, -0.15) is 0 Å². The lowest BCUT2D eigenvalue weighted by molar-refractivity contribution is -0.117. The number of anilines is 2. The van der Waals surface area contributed by atoms with Crippen molar-refractivity contribution in [1.82, 2.24) is 5.32 Å². The summed E-state index contributed by atoms with van der Waals surface area (Å²) in [6.07, 6.45) is 0.260. The maximum Gasteiger partial charge on any atom is 0.319 e. The van der Waals surface area contributed by atoms with Crippen molar-refractivity contribution in [3.8, 4) is 11.5 Å². The molecule has 142 valence electrons. The Labute approximate surface area is 158 Å². The first-order valence-electron chi connectivity index (χ1n) is 8.66. The number of ether oxygens (including phenoxy) is 2. The molecule has 27 heavy (non-hydrogen) atoms. The second-order valence-corrected chi connectivity index (χ2v) is 6.41. The van der Waals surface area contributed by atoms with Gasteiger partial charge in [-0.3, -0.25) is 4.79 Å². The van der Waals surface area contributed by atoms with E-state index in [1.165, 1.54) is 7.11 Å². The van der Waals surface area contributed by atoms with Crippen molar-refractivity contribution >= 4 is 23.3 Å². The number of hydrogen-bond donors (Lipinski definition) is 2. The summed E-state index contributed by atoms with van der Waals surface area (Å²) in [6.45, 7) is 2.43. The molecule has 1 fully saturated rings. The highest BCUT2D eigenvalue weighted by Crippen LogP contribution is 2.29. The molecule has 1 heterocycles. The number of hydrogen-bond acceptors (Lipinski definition) is 4. The number of carbonyl (C=O) groups excluding carboxylic acids is 2. The summed E-state index contributed by atoms with van der Waals surface area (Å²) in [5.41, 5.74) is 2.46. The third-order valence-electron chi connectivity index (χ3n) is 4.46. The Morgan fingerprint density at radius 2 is 1.85 bits per heavy atom. The van der Waals surface area contributed by atoms with Gasteiger partial charge in [0.15, 0.2) is 0 Å². The molecule has 2 aromatic carbocycles. The summed E-state index contributed by atoms with van der Waals surface area (Å²) in [4.78, 5) is 26.4. The number of rotatable bonds is 5. The standard InChI is InChI=1S/C20H23N3O4/c1-13-4-6-15(7-5-13)23-12-14(10-19(23)24)21-20(25)22-17-11-16(26-2)8-9-18(17)27-3/h4-9,11,14H,10,12H2,1-3H3,(H2,21,22,25)/t14-/m1/s1. The lowest BCUT2D eigenvalue weighted by Crippen LogP contribution is -2.39. The lowest BCUT2D eigenvalue weighted by atomic mass is 10.2. The molecule has 1 aliphatic rings. The van der Waals surface area contributed by atoms with Crippen molar-refractivity contribution in [3.63, 3.8) is 0 Å². The number of nitrogens with zero attached hydrogens (tertiary/aromatic N) is 1. The Morgan fingerprint density at radius 1 is 1.11 bits per heavy atom. The highest BCUT2D eigenvalue weighted by molar-refractivity contribution is 5.98. The van der Waals surface area contributed by atoms with Crippen LogP contribution >= 0.6 is 0 Å². The van der Waals surface area contributed by atoms with Crippen molar-refractivity contribution in [2.45, 2.75) is 19.4 Å². The minimum Gasteiger partial charge on any atom is -0.497 e. The molecular formula is C20H23N3O4. The summed E-state index contributed by atoms with van der Waals surface area (Å²) in [5, 5.41) is 5.60. The molecule has 0 aromatic heterocycles. The Kier molecular flexibility index (Phi) is 5.49. The molecule has 3 amide bonds. The molecule has 2 N–H and O–H groups in total. The van der Waals surface area contributed by atoms with Gasteiger partial charge in [-0.15, -0.1) is 0 Å². The van der Waals surface area contributed by atoms with Gasteiger partial charge in [0.1, 0.15) is 11.5 Å². The van der Waals surface area contributed by atoms with Crippen molar-refractivity contribution < 1.29 is 19.1 Å². The van der Waals surface area contributed by atoms with Gasteiger partial charge in [0.2, 0.25) is 5.91 Å². The van der Waals surface area contributed by atoms with E-state index < -0.39 is 6.03 Å². The van der Waals surface area contributed by atoms with Crippen molar-refractivity contribution in [2.24, 2.45) is 0 Å². The third-order valence-corrected chi connectivity index (χ3v) is 4.46. The van der Waals surface area contributed by atoms with Crippen LogP contribution in [0.2, 0.25) is 0 Å². The van der Waals surface area contributed by atoms with Crippen LogP contribution in [-0.4, -0.2) is 38.7 Å². The fourth-order valence-corrected chi connectivity index (χ4v) is 3.03. The maximum absolute atomic E-state index is 12.4. The van der Waals surface area contributed by atoms with Crippen LogP contribution in [0.4, 0.5) is 16.2 Å². The zero-order valence-corrected chi connectivity index (χ0v) is 15.6. The lowest BCUT2D eigenvalue weighted by Gasteiger charge is -2.18. The Hall–Kier alpha value is -3.22. The van der Waals surface area contributed by atoms with Crippen LogP contribution in [0.3, 0.4) is 0 Å². The molecule has 0 radical (unpaired) electrons. The van der Waals surface area contributed by atoms with E-state index in [1.807, 2.05) is 31.2 Å². The fraction of sp³-hybridized carbons (Fsp3) is 0.300. The largest absolute Gasteiger partial charge is 0.497 e. The third kappa shape index (κ3) is 4.31. The normalized spacial score (nSPS) is 16.2. The average Bonchev–Trinajstić information content (AvgIpc) is 3.02. The van der Waals surface area contributed by atoms with Gasteiger partial charge >= 0.3 is 6.03 Å². The molecule has 0 spiro atoms. The van der Waals surface area contributed by atoms with E-state index in [0.29, 0.717) is 23.7 Å². The monoisotopic (exact) mass is 369 g/mol. The SMILES string of the molecule is COc1ccc(OC)c(NC(=O)N[C@@H]2CC(=O)N(c3ccc(C)cc3)C2)c1. The van der Waals surface area contributed by atoms with Crippen LogP contribution in [0.15, 0.2) is 42.5 Å². The molecule has 1 aliphatic heterocycles. The van der Waals surface area contributed by atoms with Gasteiger partial charge in [-0.05, 0) is 31.2 Å².